The van der Waals surface area contributed by atoms with Crippen molar-refractivity contribution in [3.63, 3.8) is 0 Å². The molecule has 0 radical (unpaired) electrons. The molecule has 0 bridgehead atoms. The number of benzene rings is 1. The summed E-state index contributed by atoms with van der Waals surface area (Å²) in [5.74, 6) is 1.48. The average molecular weight is 299 g/mol. The summed E-state index contributed by atoms with van der Waals surface area (Å²) in [5.41, 5.74) is 2.25. The Morgan fingerprint density at radius 1 is 1.30 bits per heavy atom. The zero-order chi connectivity index (χ0) is 14.5. The van der Waals surface area contributed by atoms with Gasteiger partial charge in [-0.3, -0.25) is 0 Å². The molecule has 0 aromatic heterocycles. The van der Waals surface area contributed by atoms with Crippen LogP contribution in [0.15, 0.2) is 12.1 Å². The van der Waals surface area contributed by atoms with Gasteiger partial charge in [-0.25, -0.2) is 0 Å². The Bertz CT molecular complexity index is 442. The van der Waals surface area contributed by atoms with Gasteiger partial charge in [-0.2, -0.15) is 0 Å². The van der Waals surface area contributed by atoms with Crippen molar-refractivity contribution in [2.24, 2.45) is 0 Å². The normalized spacial score (nSPS) is 19.9. The van der Waals surface area contributed by atoms with E-state index >= 15 is 0 Å². The zero-order valence-corrected chi connectivity index (χ0v) is 13.2. The van der Waals surface area contributed by atoms with Crippen molar-refractivity contribution in [2.45, 2.75) is 44.1 Å². The molecule has 3 nitrogen and oxygen atoms in total. The molecule has 0 amide bonds. The molecule has 112 valence electrons. The summed E-state index contributed by atoms with van der Waals surface area (Å²) in [5, 5.41) is -0.0148. The van der Waals surface area contributed by atoms with Gasteiger partial charge in [0.25, 0.3) is 0 Å². The monoisotopic (exact) mass is 298 g/mol. The van der Waals surface area contributed by atoms with Crippen LogP contribution in [0.25, 0.3) is 0 Å². The van der Waals surface area contributed by atoms with Crippen LogP contribution >= 0.6 is 11.6 Å². The van der Waals surface area contributed by atoms with E-state index < -0.39 is 0 Å². The number of methoxy groups -OCH3 is 2. The Morgan fingerprint density at radius 3 is 2.60 bits per heavy atom. The second-order valence-electron chi connectivity index (χ2n) is 5.24. The molecule has 2 atom stereocenters. The molecule has 1 fully saturated rings. The van der Waals surface area contributed by atoms with Gasteiger partial charge >= 0.3 is 0 Å². The van der Waals surface area contributed by atoms with E-state index in [0.717, 1.165) is 48.5 Å². The van der Waals surface area contributed by atoms with Crippen molar-refractivity contribution in [1.29, 1.82) is 0 Å². The summed E-state index contributed by atoms with van der Waals surface area (Å²) >= 11 is 6.56. The quantitative estimate of drug-likeness (QED) is 0.735. The van der Waals surface area contributed by atoms with Crippen molar-refractivity contribution in [3.8, 4) is 11.5 Å². The van der Waals surface area contributed by atoms with Gasteiger partial charge in [-0.05, 0) is 55.9 Å². The molecule has 0 N–H and O–H groups in total. The van der Waals surface area contributed by atoms with E-state index in [1.54, 1.807) is 14.2 Å². The first-order valence-corrected chi connectivity index (χ1v) is 7.57. The van der Waals surface area contributed by atoms with Gasteiger partial charge in [0, 0.05) is 6.61 Å². The van der Waals surface area contributed by atoms with Gasteiger partial charge < -0.3 is 14.2 Å². The fraction of sp³-hybridized carbons (Fsp3) is 0.625. The van der Waals surface area contributed by atoms with Crippen LogP contribution in [0.4, 0.5) is 0 Å². The van der Waals surface area contributed by atoms with E-state index in [1.807, 2.05) is 12.1 Å². The second kappa shape index (κ2) is 7.19. The third-order valence-electron chi connectivity index (χ3n) is 3.88. The average Bonchev–Trinajstić information content (AvgIpc) is 2.97. The van der Waals surface area contributed by atoms with Gasteiger partial charge in [-0.15, -0.1) is 11.6 Å². The minimum Gasteiger partial charge on any atom is -0.493 e. The van der Waals surface area contributed by atoms with Crippen LogP contribution in [0.1, 0.15) is 42.2 Å². The summed E-state index contributed by atoms with van der Waals surface area (Å²) in [4.78, 5) is 0. The van der Waals surface area contributed by atoms with E-state index in [4.69, 9.17) is 25.8 Å². The number of hydrogen-bond acceptors (Lipinski definition) is 3. The molecule has 1 aromatic carbocycles. The summed E-state index contributed by atoms with van der Waals surface area (Å²) < 4.78 is 16.3. The SMILES string of the molecule is COc1cc(C)c(C(Cl)CCC2CCCO2)cc1OC. The molecule has 2 unspecified atom stereocenters. The molecule has 1 aliphatic rings. The summed E-state index contributed by atoms with van der Waals surface area (Å²) in [6.07, 6.45) is 4.66. The van der Waals surface area contributed by atoms with Crippen LogP contribution in [0.3, 0.4) is 0 Å². The first-order chi connectivity index (χ1) is 9.65. The van der Waals surface area contributed by atoms with E-state index in [2.05, 4.69) is 6.92 Å². The lowest BCUT2D eigenvalue weighted by Crippen LogP contribution is -2.07. The maximum Gasteiger partial charge on any atom is 0.161 e. The highest BCUT2D eigenvalue weighted by atomic mass is 35.5. The zero-order valence-electron chi connectivity index (χ0n) is 12.4. The van der Waals surface area contributed by atoms with Gasteiger partial charge in [0.05, 0.1) is 25.7 Å². The van der Waals surface area contributed by atoms with Crippen molar-refractivity contribution < 1.29 is 14.2 Å². The summed E-state index contributed by atoms with van der Waals surface area (Å²) in [6.45, 7) is 2.95. The Kier molecular flexibility index (Phi) is 5.55. The van der Waals surface area contributed by atoms with Crippen LogP contribution in [0.2, 0.25) is 0 Å². The van der Waals surface area contributed by atoms with Gasteiger partial charge in [0.2, 0.25) is 0 Å². The Morgan fingerprint density at radius 2 is 2.00 bits per heavy atom. The summed E-state index contributed by atoms with van der Waals surface area (Å²) in [7, 11) is 3.29. The van der Waals surface area contributed by atoms with E-state index in [-0.39, 0.29) is 5.38 Å². The lowest BCUT2D eigenvalue weighted by atomic mass is 9.99. The predicted octanol–water partition coefficient (Wildman–Crippen LogP) is 4.25. The van der Waals surface area contributed by atoms with E-state index in [1.165, 1.54) is 6.42 Å². The highest BCUT2D eigenvalue weighted by Crippen LogP contribution is 2.37. The number of alkyl halides is 1. The molecule has 1 saturated heterocycles. The van der Waals surface area contributed by atoms with Crippen molar-refractivity contribution in [3.05, 3.63) is 23.3 Å². The first-order valence-electron chi connectivity index (χ1n) is 7.14. The number of rotatable bonds is 6. The molecule has 4 heteroatoms. The van der Waals surface area contributed by atoms with E-state index in [0.29, 0.717) is 6.10 Å². The maximum absolute atomic E-state index is 6.56. The number of ether oxygens (including phenoxy) is 3. The highest BCUT2D eigenvalue weighted by molar-refractivity contribution is 6.20. The minimum atomic E-state index is -0.0148. The van der Waals surface area contributed by atoms with Crippen LogP contribution in [0.5, 0.6) is 11.5 Å². The Hall–Kier alpha value is -0.930. The molecule has 0 spiro atoms. The van der Waals surface area contributed by atoms with Crippen LogP contribution in [-0.2, 0) is 4.74 Å². The minimum absolute atomic E-state index is 0.0148. The van der Waals surface area contributed by atoms with Crippen molar-refractivity contribution >= 4 is 11.6 Å². The molecule has 0 saturated carbocycles. The molecule has 20 heavy (non-hydrogen) atoms. The Labute approximate surface area is 126 Å². The fourth-order valence-electron chi connectivity index (χ4n) is 2.69. The van der Waals surface area contributed by atoms with Crippen LogP contribution in [0, 0.1) is 6.92 Å². The van der Waals surface area contributed by atoms with Gasteiger partial charge in [-0.1, -0.05) is 0 Å². The van der Waals surface area contributed by atoms with Crippen molar-refractivity contribution in [1.82, 2.24) is 0 Å². The van der Waals surface area contributed by atoms with Gasteiger partial charge in [0.1, 0.15) is 0 Å². The smallest absolute Gasteiger partial charge is 0.161 e. The third kappa shape index (κ3) is 3.58. The molecular formula is C16H23ClO3. The molecule has 1 heterocycles. The third-order valence-corrected chi connectivity index (χ3v) is 4.33. The predicted molar refractivity (Wildman–Crippen MR) is 81.1 cm³/mol. The highest BCUT2D eigenvalue weighted by Gasteiger charge is 2.20. The standard InChI is InChI=1S/C16H23ClO3/c1-11-9-15(18-2)16(19-3)10-13(11)14(17)7-6-12-5-4-8-20-12/h9-10,12,14H,4-8H2,1-3H3. The number of aryl methyl sites for hydroxylation is 1. The molecule has 2 rings (SSSR count). The first kappa shape index (κ1) is 15.5. The molecular weight excluding hydrogens is 276 g/mol. The van der Waals surface area contributed by atoms with Crippen LogP contribution < -0.4 is 9.47 Å². The Balaban J connectivity index is 2.06. The number of halogens is 1. The second-order valence-corrected chi connectivity index (χ2v) is 5.77. The fourth-order valence-corrected chi connectivity index (χ4v) is 3.05. The molecule has 1 aliphatic heterocycles. The van der Waals surface area contributed by atoms with E-state index in [9.17, 15) is 0 Å². The van der Waals surface area contributed by atoms with Crippen LogP contribution in [-0.4, -0.2) is 26.9 Å². The molecule has 0 aliphatic carbocycles. The van der Waals surface area contributed by atoms with Crippen molar-refractivity contribution in [2.75, 3.05) is 20.8 Å². The van der Waals surface area contributed by atoms with Gasteiger partial charge in [0.15, 0.2) is 11.5 Å². The largest absolute Gasteiger partial charge is 0.493 e. The lowest BCUT2D eigenvalue weighted by molar-refractivity contribution is 0.102. The lowest BCUT2D eigenvalue weighted by Gasteiger charge is -2.18. The summed E-state index contributed by atoms with van der Waals surface area (Å²) in [6, 6.07) is 3.97. The molecule has 1 aromatic rings. The topological polar surface area (TPSA) is 27.7 Å². The number of hydrogen-bond donors (Lipinski definition) is 0. The maximum atomic E-state index is 6.56.